The minimum absolute atomic E-state index is 0.0528. The van der Waals surface area contributed by atoms with Gasteiger partial charge in [-0.25, -0.2) is 4.72 Å². The SMILES string of the molecule is CC(C)NCCCNS(=O)(=O)N1CC(C)OC(C)C1. The summed E-state index contributed by atoms with van der Waals surface area (Å²) < 4.78 is 33.9. The van der Waals surface area contributed by atoms with Crippen molar-refractivity contribution in [3.05, 3.63) is 0 Å². The summed E-state index contributed by atoms with van der Waals surface area (Å²) in [5, 5.41) is 3.26. The maximum Gasteiger partial charge on any atom is 0.279 e. The molecule has 2 atom stereocenters. The molecule has 0 aromatic heterocycles. The van der Waals surface area contributed by atoms with Gasteiger partial charge in [-0.2, -0.15) is 12.7 Å². The fraction of sp³-hybridized carbons (Fsp3) is 1.00. The molecule has 0 aromatic rings. The maximum absolute atomic E-state index is 12.1. The molecule has 0 aromatic carbocycles. The number of rotatable bonds is 7. The second kappa shape index (κ2) is 7.54. The number of nitrogens with zero attached hydrogens (tertiary/aromatic N) is 1. The zero-order valence-electron chi connectivity index (χ0n) is 12.3. The van der Waals surface area contributed by atoms with Crippen molar-refractivity contribution in [1.29, 1.82) is 0 Å². The van der Waals surface area contributed by atoms with Gasteiger partial charge >= 0.3 is 0 Å². The zero-order chi connectivity index (χ0) is 14.5. The monoisotopic (exact) mass is 293 g/mol. The standard InChI is InChI=1S/C12H27N3O3S/c1-10(2)13-6-5-7-14-19(16,17)15-8-11(3)18-12(4)9-15/h10-14H,5-9H2,1-4H3. The van der Waals surface area contributed by atoms with Crippen LogP contribution in [0.15, 0.2) is 0 Å². The molecule has 114 valence electrons. The average molecular weight is 293 g/mol. The highest BCUT2D eigenvalue weighted by Crippen LogP contribution is 2.13. The van der Waals surface area contributed by atoms with Gasteiger partial charge in [0.05, 0.1) is 12.2 Å². The van der Waals surface area contributed by atoms with E-state index in [2.05, 4.69) is 23.9 Å². The Kier molecular flexibility index (Phi) is 6.68. The molecular formula is C12H27N3O3S. The van der Waals surface area contributed by atoms with Crippen LogP contribution >= 0.6 is 0 Å². The van der Waals surface area contributed by atoms with Crippen LogP contribution in [0.25, 0.3) is 0 Å². The van der Waals surface area contributed by atoms with Crippen LogP contribution in [-0.4, -0.2) is 57.2 Å². The first-order valence-electron chi connectivity index (χ1n) is 6.95. The van der Waals surface area contributed by atoms with Crippen LogP contribution in [0.5, 0.6) is 0 Å². The van der Waals surface area contributed by atoms with Crippen molar-refractivity contribution in [2.45, 2.75) is 52.4 Å². The third-order valence-electron chi connectivity index (χ3n) is 2.92. The Morgan fingerprint density at radius 3 is 2.32 bits per heavy atom. The second-order valence-corrected chi connectivity index (χ2v) is 7.19. The predicted octanol–water partition coefficient (Wildman–Crippen LogP) is 0.318. The molecule has 0 bridgehead atoms. The summed E-state index contributed by atoms with van der Waals surface area (Å²) in [6.45, 7) is 10.0. The first-order chi connectivity index (χ1) is 8.81. The average Bonchev–Trinajstić information content (AvgIpc) is 2.26. The van der Waals surface area contributed by atoms with Gasteiger partial charge in [-0.15, -0.1) is 0 Å². The van der Waals surface area contributed by atoms with E-state index in [1.807, 2.05) is 13.8 Å². The summed E-state index contributed by atoms with van der Waals surface area (Å²) >= 11 is 0. The van der Waals surface area contributed by atoms with Crippen LogP contribution in [0.4, 0.5) is 0 Å². The molecule has 1 fully saturated rings. The Morgan fingerprint density at radius 2 is 1.79 bits per heavy atom. The van der Waals surface area contributed by atoms with Gasteiger partial charge in [0.15, 0.2) is 0 Å². The summed E-state index contributed by atoms with van der Waals surface area (Å²) in [4.78, 5) is 0. The number of ether oxygens (including phenoxy) is 1. The summed E-state index contributed by atoms with van der Waals surface area (Å²) in [5.41, 5.74) is 0. The van der Waals surface area contributed by atoms with E-state index in [0.29, 0.717) is 25.7 Å². The number of hydrogen-bond donors (Lipinski definition) is 2. The summed E-state index contributed by atoms with van der Waals surface area (Å²) in [5.74, 6) is 0. The molecule has 1 saturated heterocycles. The molecule has 2 unspecified atom stereocenters. The van der Waals surface area contributed by atoms with Crippen LogP contribution in [0.1, 0.15) is 34.1 Å². The highest BCUT2D eigenvalue weighted by atomic mass is 32.2. The third-order valence-corrected chi connectivity index (χ3v) is 4.46. The molecule has 0 aliphatic carbocycles. The third kappa shape index (κ3) is 6.18. The zero-order valence-corrected chi connectivity index (χ0v) is 13.2. The Morgan fingerprint density at radius 1 is 1.21 bits per heavy atom. The first kappa shape index (κ1) is 16.8. The fourth-order valence-corrected chi connectivity index (χ4v) is 3.50. The molecule has 0 saturated carbocycles. The molecule has 19 heavy (non-hydrogen) atoms. The predicted molar refractivity (Wildman–Crippen MR) is 76.3 cm³/mol. The van der Waals surface area contributed by atoms with Gasteiger partial charge in [-0.1, -0.05) is 13.8 Å². The lowest BCUT2D eigenvalue weighted by atomic mass is 10.3. The van der Waals surface area contributed by atoms with Gasteiger partial charge in [0, 0.05) is 25.7 Å². The molecule has 6 nitrogen and oxygen atoms in total. The van der Waals surface area contributed by atoms with E-state index in [9.17, 15) is 8.42 Å². The van der Waals surface area contributed by atoms with Crippen LogP contribution in [0, 0.1) is 0 Å². The van der Waals surface area contributed by atoms with Crippen LogP contribution in [-0.2, 0) is 14.9 Å². The van der Waals surface area contributed by atoms with E-state index in [-0.39, 0.29) is 12.2 Å². The van der Waals surface area contributed by atoms with Crippen LogP contribution in [0.2, 0.25) is 0 Å². The van der Waals surface area contributed by atoms with Gasteiger partial charge in [0.1, 0.15) is 0 Å². The van der Waals surface area contributed by atoms with Crippen molar-refractivity contribution in [1.82, 2.24) is 14.3 Å². The van der Waals surface area contributed by atoms with Crippen molar-refractivity contribution in [3.8, 4) is 0 Å². The topological polar surface area (TPSA) is 70.7 Å². The number of morpholine rings is 1. The normalized spacial score (nSPS) is 25.9. The second-order valence-electron chi connectivity index (χ2n) is 5.44. The van der Waals surface area contributed by atoms with E-state index < -0.39 is 10.2 Å². The Hall–Kier alpha value is -0.210. The summed E-state index contributed by atoms with van der Waals surface area (Å²) in [7, 11) is -3.37. The quantitative estimate of drug-likeness (QED) is 0.663. The van der Waals surface area contributed by atoms with Crippen molar-refractivity contribution in [2.24, 2.45) is 0 Å². The number of nitrogens with one attached hydrogen (secondary N) is 2. The van der Waals surface area contributed by atoms with Gasteiger partial charge in [0.2, 0.25) is 0 Å². The molecule has 1 aliphatic heterocycles. The maximum atomic E-state index is 12.1. The summed E-state index contributed by atoms with van der Waals surface area (Å²) in [6, 6.07) is 0.428. The fourth-order valence-electron chi connectivity index (χ4n) is 2.10. The number of hydrogen-bond acceptors (Lipinski definition) is 4. The molecule has 1 aliphatic rings. The van der Waals surface area contributed by atoms with E-state index in [4.69, 9.17) is 4.74 Å². The molecule has 2 N–H and O–H groups in total. The van der Waals surface area contributed by atoms with E-state index in [0.717, 1.165) is 13.0 Å². The van der Waals surface area contributed by atoms with Crippen LogP contribution in [0.3, 0.4) is 0 Å². The molecule has 0 radical (unpaired) electrons. The largest absolute Gasteiger partial charge is 0.373 e. The summed E-state index contributed by atoms with van der Waals surface area (Å²) in [6.07, 6.45) is 0.679. The van der Waals surface area contributed by atoms with Crippen molar-refractivity contribution in [3.63, 3.8) is 0 Å². The first-order valence-corrected chi connectivity index (χ1v) is 8.39. The Balaban J connectivity index is 2.34. The minimum atomic E-state index is -3.37. The smallest absolute Gasteiger partial charge is 0.279 e. The molecule has 0 amide bonds. The molecule has 1 heterocycles. The van der Waals surface area contributed by atoms with E-state index in [1.54, 1.807) is 0 Å². The Bertz CT molecular complexity index is 349. The van der Waals surface area contributed by atoms with Gasteiger partial charge in [-0.05, 0) is 26.8 Å². The molecule has 7 heteroatoms. The lowest BCUT2D eigenvalue weighted by Crippen LogP contribution is -2.52. The molecular weight excluding hydrogens is 266 g/mol. The molecule has 0 spiro atoms. The Labute approximate surface area is 117 Å². The highest BCUT2D eigenvalue weighted by molar-refractivity contribution is 7.87. The lowest BCUT2D eigenvalue weighted by molar-refractivity contribution is -0.0443. The lowest BCUT2D eigenvalue weighted by Gasteiger charge is -2.34. The van der Waals surface area contributed by atoms with E-state index in [1.165, 1.54) is 4.31 Å². The molecule has 1 rings (SSSR count). The highest BCUT2D eigenvalue weighted by Gasteiger charge is 2.30. The van der Waals surface area contributed by atoms with Crippen molar-refractivity contribution >= 4 is 10.2 Å². The van der Waals surface area contributed by atoms with Crippen molar-refractivity contribution < 1.29 is 13.2 Å². The minimum Gasteiger partial charge on any atom is -0.373 e. The van der Waals surface area contributed by atoms with Crippen molar-refractivity contribution in [2.75, 3.05) is 26.2 Å². The van der Waals surface area contributed by atoms with E-state index >= 15 is 0 Å². The van der Waals surface area contributed by atoms with Crippen LogP contribution < -0.4 is 10.0 Å². The van der Waals surface area contributed by atoms with Gasteiger partial charge in [-0.3, -0.25) is 0 Å². The van der Waals surface area contributed by atoms with Gasteiger partial charge < -0.3 is 10.1 Å². The van der Waals surface area contributed by atoms with Gasteiger partial charge in [0.25, 0.3) is 10.2 Å².